The molecule has 0 aliphatic carbocycles. The second kappa shape index (κ2) is 6.45. The number of benzene rings is 1. The van der Waals surface area contributed by atoms with Crippen LogP contribution in [0.3, 0.4) is 0 Å². The molecule has 7 nitrogen and oxygen atoms in total. The van der Waals surface area contributed by atoms with Gasteiger partial charge in [-0.25, -0.2) is 9.18 Å². The van der Waals surface area contributed by atoms with Gasteiger partial charge < -0.3 is 21.5 Å². The van der Waals surface area contributed by atoms with Gasteiger partial charge in [0.1, 0.15) is 11.4 Å². The largest absolute Gasteiger partial charge is 0.478 e. The molecule has 0 aliphatic rings. The number of anilines is 1. The number of hydrogen-bond acceptors (Lipinski definition) is 4. The number of nitrogens with two attached hydrogens (primary N) is 1. The van der Waals surface area contributed by atoms with E-state index in [0.29, 0.717) is 0 Å². The Labute approximate surface area is 107 Å². The van der Waals surface area contributed by atoms with Crippen LogP contribution in [0.25, 0.3) is 0 Å². The van der Waals surface area contributed by atoms with Crippen molar-refractivity contribution in [2.45, 2.75) is 0 Å². The predicted octanol–water partition coefficient (Wildman–Crippen LogP) is -0.463. The average Bonchev–Trinajstić information content (AvgIpc) is 2.35. The molecular formula is C11H12FN3O4. The van der Waals surface area contributed by atoms with Gasteiger partial charge >= 0.3 is 5.97 Å². The van der Waals surface area contributed by atoms with Crippen LogP contribution in [0.15, 0.2) is 18.2 Å². The Morgan fingerprint density at radius 1 is 1.26 bits per heavy atom. The lowest BCUT2D eigenvalue weighted by atomic mass is 10.1. The number of halogens is 1. The van der Waals surface area contributed by atoms with Crippen LogP contribution in [0, 0.1) is 5.82 Å². The molecule has 1 aromatic rings. The van der Waals surface area contributed by atoms with Gasteiger partial charge in [0.2, 0.25) is 11.8 Å². The van der Waals surface area contributed by atoms with E-state index in [1.165, 1.54) is 12.1 Å². The summed E-state index contributed by atoms with van der Waals surface area (Å²) < 4.78 is 13.3. The molecule has 0 spiro atoms. The van der Waals surface area contributed by atoms with Crippen LogP contribution < -0.4 is 16.4 Å². The van der Waals surface area contributed by atoms with E-state index in [1.807, 2.05) is 0 Å². The third-order valence-corrected chi connectivity index (χ3v) is 2.13. The second-order valence-corrected chi connectivity index (χ2v) is 3.50. The number of carboxylic acid groups (broad SMARTS) is 1. The highest BCUT2D eigenvalue weighted by molar-refractivity contribution is 6.01. The number of nitrogens with one attached hydrogen (secondary N) is 2. The summed E-state index contributed by atoms with van der Waals surface area (Å²) in [5.74, 6) is -3.68. The summed E-state index contributed by atoms with van der Waals surface area (Å²) in [4.78, 5) is 33.1. The fraction of sp³-hybridized carbons (Fsp3) is 0.182. The van der Waals surface area contributed by atoms with Gasteiger partial charge in [-0.15, -0.1) is 0 Å². The third kappa shape index (κ3) is 4.03. The summed E-state index contributed by atoms with van der Waals surface area (Å²) in [7, 11) is 0. The minimum atomic E-state index is -1.50. The SMILES string of the molecule is NCC(=O)NCC(=O)Nc1cccc(F)c1C(=O)O. The molecule has 1 aromatic carbocycles. The van der Waals surface area contributed by atoms with Crippen molar-refractivity contribution >= 4 is 23.5 Å². The van der Waals surface area contributed by atoms with E-state index < -0.39 is 29.2 Å². The van der Waals surface area contributed by atoms with Crippen molar-refractivity contribution in [3.63, 3.8) is 0 Å². The molecule has 0 heterocycles. The number of carboxylic acids is 1. The summed E-state index contributed by atoms with van der Waals surface area (Å²) in [5.41, 5.74) is 4.20. The summed E-state index contributed by atoms with van der Waals surface area (Å²) in [6, 6.07) is 3.47. The first-order chi connectivity index (χ1) is 8.95. The van der Waals surface area contributed by atoms with Crippen molar-refractivity contribution in [1.82, 2.24) is 5.32 Å². The number of rotatable bonds is 5. The summed E-state index contributed by atoms with van der Waals surface area (Å²) in [6.07, 6.45) is 0. The van der Waals surface area contributed by atoms with Gasteiger partial charge in [0.15, 0.2) is 0 Å². The third-order valence-electron chi connectivity index (χ3n) is 2.13. The average molecular weight is 269 g/mol. The molecule has 0 fully saturated rings. The van der Waals surface area contributed by atoms with Crippen molar-refractivity contribution < 1.29 is 23.9 Å². The van der Waals surface area contributed by atoms with Gasteiger partial charge in [-0.1, -0.05) is 6.07 Å². The summed E-state index contributed by atoms with van der Waals surface area (Å²) in [5, 5.41) is 13.2. The molecule has 0 unspecified atom stereocenters. The predicted molar refractivity (Wildman–Crippen MR) is 64.1 cm³/mol. The fourth-order valence-corrected chi connectivity index (χ4v) is 1.29. The molecule has 5 N–H and O–H groups in total. The smallest absolute Gasteiger partial charge is 0.340 e. The van der Waals surface area contributed by atoms with E-state index in [0.717, 1.165) is 6.07 Å². The molecule has 0 atom stereocenters. The summed E-state index contributed by atoms with van der Waals surface area (Å²) >= 11 is 0. The number of aromatic carboxylic acids is 1. The lowest BCUT2D eigenvalue weighted by Gasteiger charge is -2.09. The van der Waals surface area contributed by atoms with E-state index in [9.17, 15) is 18.8 Å². The lowest BCUT2D eigenvalue weighted by molar-refractivity contribution is -0.123. The topological polar surface area (TPSA) is 122 Å². The Morgan fingerprint density at radius 3 is 2.53 bits per heavy atom. The van der Waals surface area contributed by atoms with Crippen molar-refractivity contribution in [3.05, 3.63) is 29.6 Å². The fourth-order valence-electron chi connectivity index (χ4n) is 1.29. The van der Waals surface area contributed by atoms with Gasteiger partial charge in [-0.05, 0) is 12.1 Å². The van der Waals surface area contributed by atoms with Gasteiger partial charge in [0.05, 0.1) is 18.8 Å². The Hall–Kier alpha value is -2.48. The quantitative estimate of drug-likeness (QED) is 0.576. The highest BCUT2D eigenvalue weighted by Gasteiger charge is 2.17. The number of carbonyl (C=O) groups is 3. The molecule has 1 rings (SSSR count). The Morgan fingerprint density at radius 2 is 1.95 bits per heavy atom. The molecule has 8 heteroatoms. The molecule has 19 heavy (non-hydrogen) atoms. The van der Waals surface area contributed by atoms with Crippen molar-refractivity contribution in [1.29, 1.82) is 0 Å². The Kier molecular flexibility index (Phi) is 4.95. The summed E-state index contributed by atoms with van der Waals surface area (Å²) in [6.45, 7) is -0.654. The van der Waals surface area contributed by atoms with E-state index in [1.54, 1.807) is 0 Å². The maximum Gasteiger partial charge on any atom is 0.340 e. The minimum Gasteiger partial charge on any atom is -0.478 e. The number of amides is 2. The van der Waals surface area contributed by atoms with E-state index in [2.05, 4.69) is 10.6 Å². The zero-order valence-electron chi connectivity index (χ0n) is 9.77. The van der Waals surface area contributed by atoms with Crippen molar-refractivity contribution in [3.8, 4) is 0 Å². The molecule has 0 saturated heterocycles. The van der Waals surface area contributed by atoms with E-state index >= 15 is 0 Å². The van der Waals surface area contributed by atoms with Crippen LogP contribution in [0.1, 0.15) is 10.4 Å². The second-order valence-electron chi connectivity index (χ2n) is 3.50. The van der Waals surface area contributed by atoms with Crippen LogP contribution in [-0.4, -0.2) is 36.0 Å². The normalized spacial score (nSPS) is 9.79. The number of carbonyl (C=O) groups excluding carboxylic acids is 2. The van der Waals surface area contributed by atoms with Crippen LogP contribution in [0.2, 0.25) is 0 Å². The zero-order valence-corrected chi connectivity index (χ0v) is 9.77. The van der Waals surface area contributed by atoms with Crippen LogP contribution in [-0.2, 0) is 9.59 Å². The van der Waals surface area contributed by atoms with Crippen LogP contribution in [0.4, 0.5) is 10.1 Å². The first-order valence-electron chi connectivity index (χ1n) is 5.24. The highest BCUT2D eigenvalue weighted by Crippen LogP contribution is 2.18. The van der Waals surface area contributed by atoms with Gasteiger partial charge in [0.25, 0.3) is 0 Å². The van der Waals surface area contributed by atoms with Gasteiger partial charge in [-0.2, -0.15) is 0 Å². The first-order valence-corrected chi connectivity index (χ1v) is 5.24. The molecular weight excluding hydrogens is 257 g/mol. The minimum absolute atomic E-state index is 0.181. The van der Waals surface area contributed by atoms with Crippen molar-refractivity contribution in [2.24, 2.45) is 5.73 Å². The molecule has 0 aromatic heterocycles. The van der Waals surface area contributed by atoms with Gasteiger partial charge in [0, 0.05) is 0 Å². The molecule has 0 radical (unpaired) electrons. The van der Waals surface area contributed by atoms with Crippen molar-refractivity contribution in [2.75, 3.05) is 18.4 Å². The number of hydrogen-bond donors (Lipinski definition) is 4. The van der Waals surface area contributed by atoms with E-state index in [4.69, 9.17) is 10.8 Å². The first kappa shape index (κ1) is 14.6. The Balaban J connectivity index is 2.77. The van der Waals surface area contributed by atoms with Gasteiger partial charge in [-0.3, -0.25) is 9.59 Å². The molecule has 2 amide bonds. The van der Waals surface area contributed by atoms with E-state index in [-0.39, 0.29) is 18.8 Å². The highest BCUT2D eigenvalue weighted by atomic mass is 19.1. The van der Waals surface area contributed by atoms with Crippen LogP contribution >= 0.6 is 0 Å². The molecule has 0 aliphatic heterocycles. The molecule has 0 saturated carbocycles. The monoisotopic (exact) mass is 269 g/mol. The lowest BCUT2D eigenvalue weighted by Crippen LogP contribution is -2.36. The van der Waals surface area contributed by atoms with Crippen LogP contribution in [0.5, 0.6) is 0 Å². The molecule has 0 bridgehead atoms. The standard InChI is InChI=1S/C11H12FN3O4/c12-6-2-1-3-7(10(6)11(18)19)15-9(17)5-14-8(16)4-13/h1-3H,4-5,13H2,(H,14,16)(H,15,17)(H,18,19). The Bertz CT molecular complexity index is 519. The molecule has 102 valence electrons. The maximum absolute atomic E-state index is 13.3. The zero-order chi connectivity index (χ0) is 14.4. The maximum atomic E-state index is 13.3.